The maximum Gasteiger partial charge on any atom is 0.269 e. The summed E-state index contributed by atoms with van der Waals surface area (Å²) in [6.45, 7) is 2.38. The average molecular weight is 264 g/mol. The number of hydrogen-bond acceptors (Lipinski definition) is 2. The number of aryl methyl sites for hydroxylation is 1. The van der Waals surface area contributed by atoms with Gasteiger partial charge in [0.2, 0.25) is 0 Å². The van der Waals surface area contributed by atoms with Gasteiger partial charge in [-0.25, -0.2) is 0 Å². The zero-order valence-electron chi connectivity index (χ0n) is 10.3. The molecule has 0 N–H and O–H groups in total. The third kappa shape index (κ3) is 2.57. The van der Waals surface area contributed by atoms with Crippen molar-refractivity contribution in [1.29, 1.82) is 0 Å². The molecule has 0 fully saturated rings. The predicted octanol–water partition coefficient (Wildman–Crippen LogP) is 2.87. The van der Waals surface area contributed by atoms with Crippen molar-refractivity contribution in [2.45, 2.75) is 13.5 Å². The lowest BCUT2D eigenvalue weighted by molar-refractivity contribution is 0.414. The Balaban J connectivity index is 2.40. The predicted molar refractivity (Wildman–Crippen MR) is 72.5 cm³/mol. The summed E-state index contributed by atoms with van der Waals surface area (Å²) < 4.78 is 6.81. The Morgan fingerprint density at radius 3 is 2.78 bits per heavy atom. The molecular formula is C14H14ClNO2. The zero-order chi connectivity index (χ0) is 13.1. The number of halogens is 1. The van der Waals surface area contributed by atoms with E-state index in [9.17, 15) is 4.79 Å². The van der Waals surface area contributed by atoms with Crippen LogP contribution in [0.25, 0.3) is 0 Å². The molecule has 0 spiro atoms. The van der Waals surface area contributed by atoms with Gasteiger partial charge in [-0.3, -0.25) is 4.79 Å². The Bertz CT molecular complexity index is 619. The monoisotopic (exact) mass is 263 g/mol. The van der Waals surface area contributed by atoms with Crippen LogP contribution in [0.5, 0.6) is 5.75 Å². The van der Waals surface area contributed by atoms with Gasteiger partial charge in [-0.2, -0.15) is 0 Å². The molecule has 2 rings (SSSR count). The topological polar surface area (TPSA) is 31.2 Å². The number of aromatic nitrogens is 1. The lowest BCUT2D eigenvalue weighted by atomic mass is 10.2. The van der Waals surface area contributed by atoms with Crippen LogP contribution in [0, 0.1) is 6.92 Å². The highest BCUT2D eigenvalue weighted by Gasteiger charge is 2.05. The Morgan fingerprint density at radius 1 is 1.28 bits per heavy atom. The first kappa shape index (κ1) is 12.7. The Labute approximate surface area is 111 Å². The van der Waals surface area contributed by atoms with Crippen LogP contribution in [0.1, 0.15) is 11.3 Å². The Morgan fingerprint density at radius 2 is 2.06 bits per heavy atom. The molecule has 0 aliphatic rings. The van der Waals surface area contributed by atoms with E-state index in [1.807, 2.05) is 37.3 Å². The fourth-order valence-electron chi connectivity index (χ4n) is 1.79. The number of benzene rings is 1. The average Bonchev–Trinajstić information content (AvgIpc) is 2.39. The molecule has 1 aromatic heterocycles. The molecule has 0 bridgehead atoms. The van der Waals surface area contributed by atoms with Crippen LogP contribution in [0.2, 0.25) is 5.02 Å². The van der Waals surface area contributed by atoms with E-state index in [0.717, 1.165) is 17.0 Å². The fourth-order valence-corrected chi connectivity index (χ4v) is 1.96. The Hall–Kier alpha value is -1.74. The van der Waals surface area contributed by atoms with Gasteiger partial charge in [0.15, 0.2) is 0 Å². The van der Waals surface area contributed by atoms with Crippen LogP contribution in [-0.2, 0) is 6.54 Å². The van der Waals surface area contributed by atoms with Crippen LogP contribution in [0.15, 0.2) is 41.2 Å². The van der Waals surface area contributed by atoms with Gasteiger partial charge in [0.05, 0.1) is 13.7 Å². The summed E-state index contributed by atoms with van der Waals surface area (Å²) in [6.07, 6.45) is 0. The highest BCUT2D eigenvalue weighted by atomic mass is 35.5. The molecule has 0 atom stereocenters. The zero-order valence-corrected chi connectivity index (χ0v) is 11.1. The molecule has 0 saturated heterocycles. The second kappa shape index (κ2) is 5.27. The third-order valence-electron chi connectivity index (χ3n) is 2.82. The van der Waals surface area contributed by atoms with Crippen LogP contribution < -0.4 is 10.3 Å². The first-order chi connectivity index (χ1) is 8.61. The van der Waals surface area contributed by atoms with Crippen molar-refractivity contribution >= 4 is 11.6 Å². The van der Waals surface area contributed by atoms with Crippen LogP contribution in [0.3, 0.4) is 0 Å². The van der Waals surface area contributed by atoms with Gasteiger partial charge in [-0.15, -0.1) is 0 Å². The molecule has 2 aromatic rings. The van der Waals surface area contributed by atoms with Crippen molar-refractivity contribution in [3.05, 3.63) is 63.0 Å². The number of ether oxygens (including phenoxy) is 1. The number of rotatable bonds is 3. The molecule has 1 heterocycles. The molecular weight excluding hydrogens is 250 g/mol. The van der Waals surface area contributed by atoms with E-state index < -0.39 is 0 Å². The number of hydrogen-bond donors (Lipinski definition) is 0. The second-order valence-electron chi connectivity index (χ2n) is 4.07. The van der Waals surface area contributed by atoms with E-state index >= 15 is 0 Å². The summed E-state index contributed by atoms with van der Waals surface area (Å²) >= 11 is 5.85. The van der Waals surface area contributed by atoms with Gasteiger partial charge in [0.1, 0.15) is 10.8 Å². The maximum atomic E-state index is 11.9. The van der Waals surface area contributed by atoms with Gasteiger partial charge in [0, 0.05) is 5.69 Å². The summed E-state index contributed by atoms with van der Waals surface area (Å²) in [4.78, 5) is 11.9. The molecule has 94 valence electrons. The van der Waals surface area contributed by atoms with Crippen molar-refractivity contribution < 1.29 is 4.74 Å². The highest BCUT2D eigenvalue weighted by molar-refractivity contribution is 6.30. The standard InChI is InChI=1S/C14H14ClNO2/c1-10-6-7-13(15)14(17)16(10)9-11-4-3-5-12(8-11)18-2/h3-8H,9H2,1-2H3. The summed E-state index contributed by atoms with van der Waals surface area (Å²) in [7, 11) is 1.62. The van der Waals surface area contributed by atoms with Gasteiger partial charge < -0.3 is 9.30 Å². The van der Waals surface area contributed by atoms with Gasteiger partial charge in [-0.1, -0.05) is 23.7 Å². The van der Waals surface area contributed by atoms with Crippen molar-refractivity contribution in [3.63, 3.8) is 0 Å². The van der Waals surface area contributed by atoms with E-state index in [1.165, 1.54) is 0 Å². The molecule has 0 saturated carbocycles. The maximum absolute atomic E-state index is 11.9. The van der Waals surface area contributed by atoms with E-state index in [1.54, 1.807) is 17.7 Å². The first-order valence-electron chi connectivity index (χ1n) is 5.60. The van der Waals surface area contributed by atoms with Gasteiger partial charge in [0.25, 0.3) is 5.56 Å². The first-order valence-corrected chi connectivity index (χ1v) is 5.98. The van der Waals surface area contributed by atoms with Crippen molar-refractivity contribution in [2.75, 3.05) is 7.11 Å². The quantitative estimate of drug-likeness (QED) is 0.853. The molecule has 0 aliphatic carbocycles. The molecule has 0 amide bonds. The minimum absolute atomic E-state index is 0.167. The van der Waals surface area contributed by atoms with Crippen LogP contribution in [-0.4, -0.2) is 11.7 Å². The van der Waals surface area contributed by atoms with E-state index in [2.05, 4.69) is 0 Å². The molecule has 4 heteroatoms. The summed E-state index contributed by atoms with van der Waals surface area (Å²) in [5.41, 5.74) is 1.72. The second-order valence-corrected chi connectivity index (χ2v) is 4.47. The summed E-state index contributed by atoms with van der Waals surface area (Å²) in [6, 6.07) is 11.1. The largest absolute Gasteiger partial charge is 0.497 e. The number of pyridine rings is 1. The Kier molecular flexibility index (Phi) is 3.72. The number of methoxy groups -OCH3 is 1. The molecule has 0 unspecified atom stereocenters. The summed E-state index contributed by atoms with van der Waals surface area (Å²) in [5, 5.41) is 0.239. The fraction of sp³-hybridized carbons (Fsp3) is 0.214. The molecule has 1 aromatic carbocycles. The summed E-state index contributed by atoms with van der Waals surface area (Å²) in [5.74, 6) is 0.778. The molecule has 0 aliphatic heterocycles. The van der Waals surface area contributed by atoms with Crippen LogP contribution >= 0.6 is 11.6 Å². The third-order valence-corrected chi connectivity index (χ3v) is 3.11. The minimum Gasteiger partial charge on any atom is -0.497 e. The van der Waals surface area contributed by atoms with Crippen molar-refractivity contribution in [1.82, 2.24) is 4.57 Å². The lowest BCUT2D eigenvalue weighted by Gasteiger charge is -2.11. The van der Waals surface area contributed by atoms with Crippen molar-refractivity contribution in [2.24, 2.45) is 0 Å². The van der Waals surface area contributed by atoms with Gasteiger partial charge in [-0.05, 0) is 36.8 Å². The van der Waals surface area contributed by atoms with E-state index in [4.69, 9.17) is 16.3 Å². The lowest BCUT2D eigenvalue weighted by Crippen LogP contribution is -2.22. The molecule has 0 radical (unpaired) electrons. The normalized spacial score (nSPS) is 10.4. The number of nitrogens with zero attached hydrogens (tertiary/aromatic N) is 1. The van der Waals surface area contributed by atoms with Crippen LogP contribution in [0.4, 0.5) is 0 Å². The van der Waals surface area contributed by atoms with Gasteiger partial charge >= 0.3 is 0 Å². The minimum atomic E-state index is -0.167. The smallest absolute Gasteiger partial charge is 0.269 e. The SMILES string of the molecule is COc1cccc(Cn2c(C)ccc(Cl)c2=O)c1. The van der Waals surface area contributed by atoms with E-state index in [0.29, 0.717) is 6.54 Å². The molecule has 3 nitrogen and oxygen atoms in total. The highest BCUT2D eigenvalue weighted by Crippen LogP contribution is 2.14. The molecule has 18 heavy (non-hydrogen) atoms. The van der Waals surface area contributed by atoms with E-state index in [-0.39, 0.29) is 10.6 Å². The van der Waals surface area contributed by atoms with Crippen molar-refractivity contribution in [3.8, 4) is 5.75 Å².